The van der Waals surface area contributed by atoms with Crippen molar-refractivity contribution in [2.45, 2.75) is 26.9 Å². The van der Waals surface area contributed by atoms with Crippen molar-refractivity contribution in [1.82, 2.24) is 0 Å². The first-order valence-corrected chi connectivity index (χ1v) is 5.88. The SMILES string of the molecule is Cc1ccc(C(O)c2cc(C)c(C)cc2Cl)o1. The van der Waals surface area contributed by atoms with Gasteiger partial charge in [-0.05, 0) is 50.1 Å². The van der Waals surface area contributed by atoms with Crippen LogP contribution in [0.4, 0.5) is 0 Å². The van der Waals surface area contributed by atoms with Gasteiger partial charge in [-0.2, -0.15) is 0 Å². The normalized spacial score (nSPS) is 12.8. The summed E-state index contributed by atoms with van der Waals surface area (Å²) in [6.07, 6.45) is -0.810. The van der Waals surface area contributed by atoms with Gasteiger partial charge in [-0.15, -0.1) is 0 Å². The van der Waals surface area contributed by atoms with E-state index >= 15 is 0 Å². The number of benzene rings is 1. The molecule has 90 valence electrons. The lowest BCUT2D eigenvalue weighted by atomic mass is 10.0. The van der Waals surface area contributed by atoms with E-state index in [1.54, 1.807) is 6.07 Å². The first-order valence-electron chi connectivity index (χ1n) is 5.50. The minimum atomic E-state index is -0.810. The molecule has 0 radical (unpaired) electrons. The van der Waals surface area contributed by atoms with Gasteiger partial charge in [-0.1, -0.05) is 17.7 Å². The van der Waals surface area contributed by atoms with Gasteiger partial charge in [0.2, 0.25) is 0 Å². The van der Waals surface area contributed by atoms with Crippen molar-refractivity contribution >= 4 is 11.6 Å². The van der Waals surface area contributed by atoms with Crippen molar-refractivity contribution < 1.29 is 9.52 Å². The highest BCUT2D eigenvalue weighted by Crippen LogP contribution is 2.31. The van der Waals surface area contributed by atoms with Crippen LogP contribution in [0.2, 0.25) is 5.02 Å². The number of rotatable bonds is 2. The van der Waals surface area contributed by atoms with Gasteiger partial charge in [0.1, 0.15) is 17.6 Å². The molecule has 0 spiro atoms. The topological polar surface area (TPSA) is 33.4 Å². The molecule has 1 heterocycles. The smallest absolute Gasteiger partial charge is 0.138 e. The predicted molar refractivity (Wildman–Crippen MR) is 68.4 cm³/mol. The molecule has 17 heavy (non-hydrogen) atoms. The van der Waals surface area contributed by atoms with Crippen LogP contribution in [0.25, 0.3) is 0 Å². The standard InChI is InChI=1S/C14H15ClO2/c1-8-6-11(12(15)7-9(8)2)14(16)13-5-4-10(3)17-13/h4-7,14,16H,1-3H3. The second-order valence-corrected chi connectivity index (χ2v) is 4.72. The van der Waals surface area contributed by atoms with Gasteiger partial charge in [-0.25, -0.2) is 0 Å². The molecule has 0 fully saturated rings. The zero-order chi connectivity index (χ0) is 12.6. The first kappa shape index (κ1) is 12.2. The number of hydrogen-bond donors (Lipinski definition) is 1. The van der Waals surface area contributed by atoms with Crippen molar-refractivity contribution in [3.05, 3.63) is 57.5 Å². The highest BCUT2D eigenvalue weighted by Gasteiger charge is 2.17. The third-order valence-electron chi connectivity index (χ3n) is 2.94. The summed E-state index contributed by atoms with van der Waals surface area (Å²) in [4.78, 5) is 0. The summed E-state index contributed by atoms with van der Waals surface area (Å²) >= 11 is 6.15. The Balaban J connectivity index is 2.43. The lowest BCUT2D eigenvalue weighted by Gasteiger charge is -2.12. The zero-order valence-electron chi connectivity index (χ0n) is 10.1. The van der Waals surface area contributed by atoms with E-state index in [-0.39, 0.29) is 0 Å². The number of aliphatic hydroxyl groups is 1. The molecule has 1 aromatic carbocycles. The first-order chi connectivity index (χ1) is 7.99. The third-order valence-corrected chi connectivity index (χ3v) is 3.27. The van der Waals surface area contributed by atoms with Gasteiger partial charge in [-0.3, -0.25) is 0 Å². The van der Waals surface area contributed by atoms with Gasteiger partial charge >= 0.3 is 0 Å². The summed E-state index contributed by atoms with van der Waals surface area (Å²) < 4.78 is 5.42. The van der Waals surface area contributed by atoms with E-state index in [0.717, 1.165) is 16.9 Å². The maximum atomic E-state index is 10.2. The van der Waals surface area contributed by atoms with Crippen LogP contribution < -0.4 is 0 Å². The summed E-state index contributed by atoms with van der Waals surface area (Å²) in [5.41, 5.74) is 2.90. The molecule has 0 saturated heterocycles. The van der Waals surface area contributed by atoms with E-state index in [2.05, 4.69) is 0 Å². The van der Waals surface area contributed by atoms with Crippen molar-refractivity contribution in [3.63, 3.8) is 0 Å². The molecular formula is C14H15ClO2. The van der Waals surface area contributed by atoms with Crippen molar-refractivity contribution in [2.24, 2.45) is 0 Å². The third kappa shape index (κ3) is 2.38. The van der Waals surface area contributed by atoms with Crippen LogP contribution in [-0.4, -0.2) is 5.11 Å². The molecular weight excluding hydrogens is 236 g/mol. The molecule has 1 N–H and O–H groups in total. The molecule has 0 aliphatic rings. The molecule has 1 atom stereocenters. The quantitative estimate of drug-likeness (QED) is 0.876. The van der Waals surface area contributed by atoms with Gasteiger partial charge in [0, 0.05) is 10.6 Å². The summed E-state index contributed by atoms with van der Waals surface area (Å²) in [5, 5.41) is 10.8. The average molecular weight is 251 g/mol. The Labute approximate surface area is 106 Å². The maximum Gasteiger partial charge on any atom is 0.138 e. The molecule has 0 saturated carbocycles. The monoisotopic (exact) mass is 250 g/mol. The van der Waals surface area contributed by atoms with E-state index in [0.29, 0.717) is 16.3 Å². The summed E-state index contributed by atoms with van der Waals surface area (Å²) in [6.45, 7) is 5.84. The minimum Gasteiger partial charge on any atom is -0.463 e. The Morgan fingerprint density at radius 2 is 1.76 bits per heavy atom. The fourth-order valence-corrected chi connectivity index (χ4v) is 2.09. The number of furan rings is 1. The predicted octanol–water partition coefficient (Wildman–Crippen LogP) is 3.94. The summed E-state index contributed by atoms with van der Waals surface area (Å²) in [5.74, 6) is 1.30. The zero-order valence-corrected chi connectivity index (χ0v) is 10.9. The second kappa shape index (κ2) is 4.55. The Hall–Kier alpha value is -1.25. The van der Waals surface area contributed by atoms with Crippen molar-refractivity contribution in [1.29, 1.82) is 0 Å². The van der Waals surface area contributed by atoms with E-state index in [1.165, 1.54) is 0 Å². The minimum absolute atomic E-state index is 0.521. The molecule has 3 heteroatoms. The molecule has 0 aliphatic heterocycles. The maximum absolute atomic E-state index is 10.2. The lowest BCUT2D eigenvalue weighted by Crippen LogP contribution is -2.00. The van der Waals surface area contributed by atoms with Gasteiger partial charge in [0.05, 0.1) is 0 Å². The van der Waals surface area contributed by atoms with Crippen LogP contribution in [0.5, 0.6) is 0 Å². The fourth-order valence-electron chi connectivity index (χ4n) is 1.77. The molecule has 0 amide bonds. The van der Waals surface area contributed by atoms with Crippen LogP contribution in [0.3, 0.4) is 0 Å². The highest BCUT2D eigenvalue weighted by molar-refractivity contribution is 6.31. The van der Waals surface area contributed by atoms with E-state index in [9.17, 15) is 5.11 Å². The number of aliphatic hydroxyl groups excluding tert-OH is 1. The second-order valence-electron chi connectivity index (χ2n) is 4.31. The van der Waals surface area contributed by atoms with Gasteiger partial charge < -0.3 is 9.52 Å². The summed E-state index contributed by atoms with van der Waals surface area (Å²) in [6, 6.07) is 7.37. The van der Waals surface area contributed by atoms with E-state index < -0.39 is 6.10 Å². The van der Waals surface area contributed by atoms with Crippen LogP contribution >= 0.6 is 11.6 Å². The van der Waals surface area contributed by atoms with Gasteiger partial charge in [0.25, 0.3) is 0 Å². The fraction of sp³-hybridized carbons (Fsp3) is 0.286. The van der Waals surface area contributed by atoms with Crippen LogP contribution in [0.15, 0.2) is 28.7 Å². The number of halogens is 1. The lowest BCUT2D eigenvalue weighted by molar-refractivity contribution is 0.187. The Morgan fingerprint density at radius 3 is 2.35 bits per heavy atom. The van der Waals surface area contributed by atoms with Crippen LogP contribution in [-0.2, 0) is 0 Å². The largest absolute Gasteiger partial charge is 0.463 e. The van der Waals surface area contributed by atoms with Crippen molar-refractivity contribution in [2.75, 3.05) is 0 Å². The van der Waals surface area contributed by atoms with Gasteiger partial charge in [0.15, 0.2) is 0 Å². The van der Waals surface area contributed by atoms with Crippen LogP contribution in [0.1, 0.15) is 34.3 Å². The molecule has 0 bridgehead atoms. The Morgan fingerprint density at radius 1 is 1.12 bits per heavy atom. The average Bonchev–Trinajstić information content (AvgIpc) is 2.69. The molecule has 1 unspecified atom stereocenters. The molecule has 2 rings (SSSR count). The molecule has 1 aromatic heterocycles. The van der Waals surface area contributed by atoms with Crippen molar-refractivity contribution in [3.8, 4) is 0 Å². The van der Waals surface area contributed by atoms with E-state index in [1.807, 2.05) is 39.0 Å². The van der Waals surface area contributed by atoms with E-state index in [4.69, 9.17) is 16.0 Å². The number of aryl methyl sites for hydroxylation is 3. The highest BCUT2D eigenvalue weighted by atomic mass is 35.5. The van der Waals surface area contributed by atoms with Crippen LogP contribution in [0, 0.1) is 20.8 Å². The Bertz CT molecular complexity index is 543. The summed E-state index contributed by atoms with van der Waals surface area (Å²) in [7, 11) is 0. The molecule has 2 aromatic rings. The Kier molecular flexibility index (Phi) is 3.27. The molecule has 0 aliphatic carbocycles. The number of hydrogen-bond acceptors (Lipinski definition) is 2. The molecule has 2 nitrogen and oxygen atoms in total.